The fourth-order valence-electron chi connectivity index (χ4n) is 1.90. The van der Waals surface area contributed by atoms with Crippen molar-refractivity contribution in [2.24, 2.45) is 0 Å². The van der Waals surface area contributed by atoms with Gasteiger partial charge in [0.15, 0.2) is 0 Å². The van der Waals surface area contributed by atoms with E-state index in [1.54, 1.807) is 0 Å². The lowest BCUT2D eigenvalue weighted by Gasteiger charge is -2.31. The lowest BCUT2D eigenvalue weighted by molar-refractivity contribution is -0.147. The first-order valence-corrected chi connectivity index (χ1v) is 5.93. The Morgan fingerprint density at radius 2 is 2.16 bits per heavy atom. The van der Waals surface area contributed by atoms with Crippen molar-refractivity contribution in [1.29, 1.82) is 0 Å². The molecule has 0 spiro atoms. The number of carbonyl (C=O) groups is 2. The Kier molecular flexibility index (Phi) is 4.48. The predicted octanol–water partition coefficient (Wildman–Crippen LogP) is 1.11. The summed E-state index contributed by atoms with van der Waals surface area (Å²) >= 11 is 0. The molecule has 2 amide bonds. The van der Waals surface area contributed by atoms with E-state index in [4.69, 9.17) is 14.6 Å². The molecule has 1 aliphatic heterocycles. The maximum atomic E-state index is 11.4. The third-order valence-corrected chi connectivity index (χ3v) is 2.80. The summed E-state index contributed by atoms with van der Waals surface area (Å²) in [6.07, 6.45) is -1.26. The van der Waals surface area contributed by atoms with E-state index < -0.39 is 18.0 Å². The van der Waals surface area contributed by atoms with Gasteiger partial charge in [-0.15, -0.1) is 0 Å². The Morgan fingerprint density at radius 3 is 2.84 bits per heavy atom. The van der Waals surface area contributed by atoms with Crippen LogP contribution in [0.5, 0.6) is 0 Å². The number of nitrogens with zero attached hydrogens (tertiary/aromatic N) is 1. The number of hydrogen-bond acceptors (Lipinski definition) is 4. The van der Waals surface area contributed by atoms with E-state index in [1.807, 2.05) is 30.3 Å². The second kappa shape index (κ2) is 6.31. The monoisotopic (exact) mass is 265 g/mol. The molecule has 1 aromatic rings. The Balaban J connectivity index is 1.87. The second-order valence-electron chi connectivity index (χ2n) is 4.22. The molecule has 0 aromatic heterocycles. The van der Waals surface area contributed by atoms with E-state index in [9.17, 15) is 9.59 Å². The Labute approximate surface area is 110 Å². The smallest absolute Gasteiger partial charge is 0.414 e. The molecule has 102 valence electrons. The summed E-state index contributed by atoms with van der Waals surface area (Å²) < 4.78 is 10.5. The van der Waals surface area contributed by atoms with Gasteiger partial charge < -0.3 is 14.6 Å². The van der Waals surface area contributed by atoms with Crippen LogP contribution in [0.4, 0.5) is 4.79 Å². The lowest BCUT2D eigenvalue weighted by atomic mass is 10.2. The Morgan fingerprint density at radius 1 is 1.42 bits per heavy atom. The molecule has 0 bridgehead atoms. The quantitative estimate of drug-likeness (QED) is 0.882. The van der Waals surface area contributed by atoms with Gasteiger partial charge in [0.25, 0.3) is 5.91 Å². The van der Waals surface area contributed by atoms with Crippen LogP contribution < -0.4 is 0 Å². The molecule has 2 rings (SSSR count). The summed E-state index contributed by atoms with van der Waals surface area (Å²) in [4.78, 5) is 23.2. The molecular weight excluding hydrogens is 250 g/mol. The van der Waals surface area contributed by atoms with Gasteiger partial charge in [-0.1, -0.05) is 30.3 Å². The average molecular weight is 265 g/mol. The fraction of sp³-hybridized carbons (Fsp3) is 0.385. The molecule has 6 heteroatoms. The van der Waals surface area contributed by atoms with Gasteiger partial charge in [-0.3, -0.25) is 4.79 Å². The minimum absolute atomic E-state index is 0.132. The normalized spacial score (nSPS) is 19.5. The van der Waals surface area contributed by atoms with Crippen molar-refractivity contribution >= 4 is 12.0 Å². The Bertz CT molecular complexity index is 448. The van der Waals surface area contributed by atoms with E-state index in [2.05, 4.69) is 0 Å². The van der Waals surface area contributed by atoms with Crippen LogP contribution in [-0.2, 0) is 20.9 Å². The highest BCUT2D eigenvalue weighted by Crippen LogP contribution is 2.10. The van der Waals surface area contributed by atoms with Crippen LogP contribution in [0.3, 0.4) is 0 Å². The van der Waals surface area contributed by atoms with E-state index in [0.29, 0.717) is 6.61 Å². The molecule has 1 aromatic carbocycles. The van der Waals surface area contributed by atoms with E-state index >= 15 is 0 Å². The lowest BCUT2D eigenvalue weighted by Crippen LogP contribution is -2.53. The molecule has 1 atom stereocenters. The number of imide groups is 1. The number of carboxylic acid groups (broad SMARTS) is 1. The SMILES string of the molecule is O=C(O)N1C(=O)COCC1COCc1ccccc1. The number of rotatable bonds is 4. The average Bonchev–Trinajstić information content (AvgIpc) is 2.39. The topological polar surface area (TPSA) is 76.1 Å². The first kappa shape index (κ1) is 13.5. The van der Waals surface area contributed by atoms with Crippen LogP contribution in [0.1, 0.15) is 5.56 Å². The van der Waals surface area contributed by atoms with E-state index in [1.165, 1.54) is 0 Å². The summed E-state index contributed by atoms with van der Waals surface area (Å²) in [5.74, 6) is -0.549. The highest BCUT2D eigenvalue weighted by atomic mass is 16.5. The highest BCUT2D eigenvalue weighted by molar-refractivity contribution is 5.92. The van der Waals surface area contributed by atoms with Crippen LogP contribution in [0.15, 0.2) is 30.3 Å². The number of hydrogen-bond donors (Lipinski definition) is 1. The maximum absolute atomic E-state index is 11.4. The summed E-state index contributed by atoms with van der Waals surface area (Å²) in [5.41, 5.74) is 0.993. The van der Waals surface area contributed by atoms with Gasteiger partial charge in [0, 0.05) is 0 Å². The molecule has 1 fully saturated rings. The Hall–Kier alpha value is -1.92. The highest BCUT2D eigenvalue weighted by Gasteiger charge is 2.33. The summed E-state index contributed by atoms with van der Waals surface area (Å²) in [7, 11) is 0. The van der Waals surface area contributed by atoms with Gasteiger partial charge in [-0.05, 0) is 5.56 Å². The third kappa shape index (κ3) is 3.52. The van der Waals surface area contributed by atoms with Gasteiger partial charge >= 0.3 is 6.09 Å². The van der Waals surface area contributed by atoms with Crippen molar-refractivity contribution in [3.63, 3.8) is 0 Å². The van der Waals surface area contributed by atoms with E-state index in [0.717, 1.165) is 10.5 Å². The van der Waals surface area contributed by atoms with Crippen molar-refractivity contribution in [3.05, 3.63) is 35.9 Å². The summed E-state index contributed by atoms with van der Waals surface area (Å²) in [6, 6.07) is 8.95. The number of amides is 2. The maximum Gasteiger partial charge on any atom is 0.414 e. The summed E-state index contributed by atoms with van der Waals surface area (Å²) in [5, 5.41) is 8.99. The van der Waals surface area contributed by atoms with Gasteiger partial charge in [0.2, 0.25) is 0 Å². The minimum Gasteiger partial charge on any atom is -0.465 e. The van der Waals surface area contributed by atoms with Crippen LogP contribution in [0.25, 0.3) is 0 Å². The predicted molar refractivity (Wildman–Crippen MR) is 65.6 cm³/mol. The molecule has 6 nitrogen and oxygen atoms in total. The second-order valence-corrected chi connectivity index (χ2v) is 4.22. The molecule has 0 aliphatic carbocycles. The van der Waals surface area contributed by atoms with Crippen LogP contribution in [0, 0.1) is 0 Å². The van der Waals surface area contributed by atoms with E-state index in [-0.39, 0.29) is 19.8 Å². The van der Waals surface area contributed by atoms with Gasteiger partial charge in [-0.2, -0.15) is 0 Å². The summed E-state index contributed by atoms with van der Waals surface area (Å²) in [6.45, 7) is 0.486. The van der Waals surface area contributed by atoms with Crippen molar-refractivity contribution < 1.29 is 24.2 Å². The fourth-order valence-corrected chi connectivity index (χ4v) is 1.90. The van der Waals surface area contributed by atoms with Crippen molar-refractivity contribution in [2.75, 3.05) is 19.8 Å². The largest absolute Gasteiger partial charge is 0.465 e. The third-order valence-electron chi connectivity index (χ3n) is 2.80. The molecule has 1 heterocycles. The number of benzene rings is 1. The molecule has 1 aliphatic rings. The van der Waals surface area contributed by atoms with Crippen molar-refractivity contribution in [1.82, 2.24) is 4.90 Å². The molecule has 1 N–H and O–H groups in total. The minimum atomic E-state index is -1.26. The van der Waals surface area contributed by atoms with Crippen LogP contribution >= 0.6 is 0 Å². The number of ether oxygens (including phenoxy) is 2. The van der Waals surface area contributed by atoms with Gasteiger partial charge in [0.1, 0.15) is 6.61 Å². The number of carbonyl (C=O) groups excluding carboxylic acids is 1. The first-order chi connectivity index (χ1) is 9.18. The zero-order valence-electron chi connectivity index (χ0n) is 10.3. The van der Waals surface area contributed by atoms with Crippen LogP contribution in [-0.4, -0.2) is 47.9 Å². The zero-order valence-corrected chi connectivity index (χ0v) is 10.3. The van der Waals surface area contributed by atoms with Crippen molar-refractivity contribution in [3.8, 4) is 0 Å². The zero-order chi connectivity index (χ0) is 13.7. The molecule has 1 unspecified atom stereocenters. The number of morpholine rings is 1. The molecule has 0 radical (unpaired) electrons. The van der Waals surface area contributed by atoms with Gasteiger partial charge in [-0.25, -0.2) is 9.69 Å². The molecule has 19 heavy (non-hydrogen) atoms. The molecule has 1 saturated heterocycles. The molecule has 0 saturated carbocycles. The van der Waals surface area contributed by atoms with Crippen LogP contribution in [0.2, 0.25) is 0 Å². The standard InChI is InChI=1S/C13H15NO5/c15-12-9-19-8-11(14(12)13(16)17)7-18-6-10-4-2-1-3-5-10/h1-5,11H,6-9H2,(H,16,17). The van der Waals surface area contributed by atoms with Crippen molar-refractivity contribution in [2.45, 2.75) is 12.6 Å². The molecular formula is C13H15NO5. The first-order valence-electron chi connectivity index (χ1n) is 5.93. The van der Waals surface area contributed by atoms with Gasteiger partial charge in [0.05, 0.1) is 25.9 Å².